The van der Waals surface area contributed by atoms with E-state index < -0.39 is 10.0 Å². The molecular weight excluding hydrogens is 408 g/mol. The third kappa shape index (κ3) is 2.18. The summed E-state index contributed by atoms with van der Waals surface area (Å²) < 4.78 is 5.69. The molecule has 4 N–H and O–H groups in total. The van der Waals surface area contributed by atoms with Gasteiger partial charge in [0.1, 0.15) is 17.7 Å². The van der Waals surface area contributed by atoms with Crippen LogP contribution in [-0.4, -0.2) is 61.0 Å². The van der Waals surface area contributed by atoms with Crippen LogP contribution in [0.25, 0.3) is 10.6 Å². The van der Waals surface area contributed by atoms with E-state index in [1.165, 1.54) is 6.26 Å². The lowest BCUT2D eigenvalue weighted by Crippen LogP contribution is -2.16. The zero-order valence-electron chi connectivity index (χ0n) is 15.0. The third-order valence-corrected chi connectivity index (χ3v) is 8.08. The number of hydrogen-bond donors (Lipinski definition) is 4. The number of aliphatic imine (C=N–C) groups is 1. The predicted molar refractivity (Wildman–Crippen MR) is 104 cm³/mol. The highest BCUT2D eigenvalue weighted by atomic mass is 32.3. The van der Waals surface area contributed by atoms with Crippen LogP contribution < -0.4 is 0 Å². The van der Waals surface area contributed by atoms with Gasteiger partial charge in [-0.3, -0.25) is 0 Å². The molecule has 1 atom stereocenters. The first-order valence-electron chi connectivity index (χ1n) is 8.68. The van der Waals surface area contributed by atoms with E-state index in [2.05, 4.69) is 56.0 Å². The standard InChI is InChI=1S/C16H12N12OS/c1-2-10(17-3-1)30(16-19-4-5-20-16)12(9-8-21-26-23-9)11(13-24-27-28-25-13)22-15(30)14-18-6-7-29-14/h1-8,17H,(H,19,20)(H,21,23,26)(H,24,25,27,28). The molecular formula is C16H12N12OS. The highest BCUT2D eigenvalue weighted by Gasteiger charge is 2.51. The summed E-state index contributed by atoms with van der Waals surface area (Å²) in [7, 11) is -2.33. The highest BCUT2D eigenvalue weighted by molar-refractivity contribution is 8.52. The Bertz CT molecular complexity index is 1280. The average molecular weight is 420 g/mol. The first kappa shape index (κ1) is 16.6. The monoisotopic (exact) mass is 420 g/mol. The number of nitrogens with zero attached hydrogens (tertiary/aromatic N) is 8. The van der Waals surface area contributed by atoms with Crippen molar-refractivity contribution in [3.63, 3.8) is 0 Å². The molecule has 0 spiro atoms. The van der Waals surface area contributed by atoms with Crippen LogP contribution >= 0.6 is 10.0 Å². The maximum Gasteiger partial charge on any atom is 0.251 e. The van der Waals surface area contributed by atoms with Crippen LogP contribution in [0.3, 0.4) is 0 Å². The third-order valence-electron chi connectivity index (χ3n) is 4.51. The average Bonchev–Trinajstić information content (AvgIpc) is 3.62. The molecule has 0 fully saturated rings. The topological polar surface area (TPSA) is 179 Å². The Hall–Kier alpha value is -4.33. The minimum atomic E-state index is -2.33. The maximum atomic E-state index is 5.69. The predicted octanol–water partition coefficient (Wildman–Crippen LogP) is 1.57. The lowest BCUT2D eigenvalue weighted by molar-refractivity contribution is 0.549. The SMILES string of the molecule is c1c[nH]c(S2(c3ncc[nH]3)C(c3ncco3)=NC(c3nn[nH]n3)=C2c2cn[nH]n2)c1. The van der Waals surface area contributed by atoms with Crippen molar-refractivity contribution in [1.29, 1.82) is 0 Å². The number of aromatic amines is 4. The molecule has 0 amide bonds. The van der Waals surface area contributed by atoms with E-state index >= 15 is 0 Å². The first-order chi connectivity index (χ1) is 14.9. The number of nitrogens with one attached hydrogen (secondary N) is 4. The van der Waals surface area contributed by atoms with E-state index in [0.29, 0.717) is 33.3 Å². The second-order valence-electron chi connectivity index (χ2n) is 6.06. The smallest absolute Gasteiger partial charge is 0.251 e. The van der Waals surface area contributed by atoms with Gasteiger partial charge in [0.05, 0.1) is 22.3 Å². The van der Waals surface area contributed by atoms with Gasteiger partial charge in [-0.25, -0.2) is 15.0 Å². The molecule has 1 aliphatic heterocycles. The number of tetrazole rings is 1. The molecule has 0 saturated heterocycles. The van der Waals surface area contributed by atoms with E-state index in [9.17, 15) is 0 Å². The van der Waals surface area contributed by atoms with Crippen molar-refractivity contribution in [3.05, 3.63) is 66.8 Å². The molecule has 6 heterocycles. The molecule has 148 valence electrons. The van der Waals surface area contributed by atoms with Crippen LogP contribution in [0.5, 0.6) is 0 Å². The second-order valence-corrected chi connectivity index (χ2v) is 8.91. The summed E-state index contributed by atoms with van der Waals surface area (Å²) >= 11 is 0. The molecule has 0 saturated carbocycles. The van der Waals surface area contributed by atoms with Crippen LogP contribution in [0.4, 0.5) is 0 Å². The summed E-state index contributed by atoms with van der Waals surface area (Å²) in [6.07, 6.45) is 9.98. The molecule has 30 heavy (non-hydrogen) atoms. The Labute approximate surface area is 168 Å². The van der Waals surface area contributed by atoms with Crippen LogP contribution in [-0.2, 0) is 0 Å². The molecule has 0 aromatic carbocycles. The fourth-order valence-electron chi connectivity index (χ4n) is 3.40. The van der Waals surface area contributed by atoms with Gasteiger partial charge >= 0.3 is 0 Å². The van der Waals surface area contributed by atoms with Gasteiger partial charge in [-0.05, 0) is 17.3 Å². The Morgan fingerprint density at radius 3 is 2.67 bits per heavy atom. The highest BCUT2D eigenvalue weighted by Crippen LogP contribution is 2.75. The van der Waals surface area contributed by atoms with E-state index in [0.717, 1.165) is 9.93 Å². The number of aromatic nitrogens is 11. The largest absolute Gasteiger partial charge is 0.443 e. The number of oxazole rings is 1. The summed E-state index contributed by atoms with van der Waals surface area (Å²) in [5.41, 5.74) is 1.05. The summed E-state index contributed by atoms with van der Waals surface area (Å²) in [6.45, 7) is 0. The van der Waals surface area contributed by atoms with E-state index in [-0.39, 0.29) is 0 Å². The van der Waals surface area contributed by atoms with Gasteiger partial charge in [-0.2, -0.15) is 20.6 Å². The van der Waals surface area contributed by atoms with Crippen LogP contribution in [0.2, 0.25) is 0 Å². The minimum absolute atomic E-state index is 0.310. The van der Waals surface area contributed by atoms with Gasteiger partial charge in [0, 0.05) is 18.6 Å². The molecule has 0 aliphatic carbocycles. The van der Waals surface area contributed by atoms with Gasteiger partial charge in [0.15, 0.2) is 10.2 Å². The maximum absolute atomic E-state index is 5.69. The van der Waals surface area contributed by atoms with Crippen LogP contribution in [0, 0.1) is 0 Å². The van der Waals surface area contributed by atoms with Crippen LogP contribution in [0.1, 0.15) is 17.4 Å². The first-order valence-corrected chi connectivity index (χ1v) is 10.3. The van der Waals surface area contributed by atoms with Gasteiger partial charge < -0.3 is 14.4 Å². The van der Waals surface area contributed by atoms with Crippen molar-refractivity contribution in [2.24, 2.45) is 4.99 Å². The molecule has 13 nitrogen and oxygen atoms in total. The van der Waals surface area contributed by atoms with Gasteiger partial charge in [-0.1, -0.05) is 10.0 Å². The number of H-pyrrole nitrogens is 4. The van der Waals surface area contributed by atoms with Gasteiger partial charge in [0.25, 0.3) is 5.89 Å². The second kappa shape index (κ2) is 6.35. The summed E-state index contributed by atoms with van der Waals surface area (Å²) in [6, 6.07) is 3.88. The zero-order valence-corrected chi connectivity index (χ0v) is 15.8. The van der Waals surface area contributed by atoms with Crippen LogP contribution in [0.15, 0.2) is 69.0 Å². The molecule has 6 rings (SSSR count). The molecule has 14 heteroatoms. The molecule has 1 unspecified atom stereocenters. The summed E-state index contributed by atoms with van der Waals surface area (Å²) in [5.74, 6) is 0.667. The molecule has 0 radical (unpaired) electrons. The number of hydrogen-bond acceptors (Lipinski definition) is 9. The van der Waals surface area contributed by atoms with Gasteiger partial charge in [0.2, 0.25) is 5.82 Å². The van der Waals surface area contributed by atoms with Crippen molar-refractivity contribution < 1.29 is 4.42 Å². The Morgan fingerprint density at radius 1 is 1.00 bits per heavy atom. The molecule has 5 aromatic heterocycles. The molecule has 0 bridgehead atoms. The summed E-state index contributed by atoms with van der Waals surface area (Å²) in [5, 5.41) is 27.6. The minimum Gasteiger partial charge on any atom is -0.443 e. The quantitative estimate of drug-likeness (QED) is 0.331. The normalized spacial score (nSPS) is 21.0. The Kier molecular flexibility index (Phi) is 3.51. The molecule has 5 aromatic rings. The van der Waals surface area contributed by atoms with E-state index in [1.54, 1.807) is 24.8 Å². The fourth-order valence-corrected chi connectivity index (χ4v) is 7.03. The number of rotatable bonds is 5. The number of imidazole rings is 1. The lowest BCUT2D eigenvalue weighted by atomic mass is 10.3. The zero-order chi connectivity index (χ0) is 20.0. The van der Waals surface area contributed by atoms with E-state index in [4.69, 9.17) is 9.41 Å². The molecule has 1 aliphatic rings. The van der Waals surface area contributed by atoms with Crippen molar-refractivity contribution in [2.45, 2.75) is 10.2 Å². The van der Waals surface area contributed by atoms with Crippen molar-refractivity contribution >= 4 is 25.7 Å². The van der Waals surface area contributed by atoms with E-state index in [1.807, 2.05) is 18.3 Å². The summed E-state index contributed by atoms with van der Waals surface area (Å²) in [4.78, 5) is 21.2. The Balaban J connectivity index is 1.78. The van der Waals surface area contributed by atoms with Gasteiger partial charge in [-0.15, -0.1) is 10.2 Å². The van der Waals surface area contributed by atoms with Crippen molar-refractivity contribution in [2.75, 3.05) is 0 Å². The van der Waals surface area contributed by atoms with Crippen molar-refractivity contribution in [1.82, 2.24) is 56.0 Å². The van der Waals surface area contributed by atoms with Crippen molar-refractivity contribution in [3.8, 4) is 0 Å². The Morgan fingerprint density at radius 2 is 2.00 bits per heavy atom. The lowest BCUT2D eigenvalue weighted by Gasteiger charge is -2.34. The fraction of sp³-hybridized carbons (Fsp3) is 0.